The van der Waals surface area contributed by atoms with Gasteiger partial charge < -0.3 is 0 Å². The van der Waals surface area contributed by atoms with Gasteiger partial charge in [-0.3, -0.25) is 0 Å². The molecule has 1 rings (SSSR count). The molecule has 0 saturated heterocycles. The number of hydrogen-bond donors (Lipinski definition) is 0. The summed E-state index contributed by atoms with van der Waals surface area (Å²) < 4.78 is 0. The molecule has 0 amide bonds. The molecule has 0 nitrogen and oxygen atoms in total. The minimum absolute atomic E-state index is 0.810. The quantitative estimate of drug-likeness (QED) is 0.590. The van der Waals surface area contributed by atoms with Crippen molar-refractivity contribution in [2.75, 3.05) is 0 Å². The molecule has 0 heterocycles. The highest BCUT2D eigenvalue weighted by atomic mass is 28.3. The van der Waals surface area contributed by atoms with Gasteiger partial charge in [0.2, 0.25) is 0 Å². The van der Waals surface area contributed by atoms with E-state index in [-0.39, 0.29) is 0 Å². The van der Waals surface area contributed by atoms with Crippen molar-refractivity contribution in [2.45, 2.75) is 58.8 Å². The zero-order valence-electron chi connectivity index (χ0n) is 10.1. The molecule has 0 bridgehead atoms. The largest absolute Gasteiger partial charge is 0.0695 e. The Balaban J connectivity index is 2.49. The van der Waals surface area contributed by atoms with Gasteiger partial charge in [-0.1, -0.05) is 52.4 Å². The van der Waals surface area contributed by atoms with E-state index in [2.05, 4.69) is 33.5 Å². The molecule has 1 aliphatic rings. The van der Waals surface area contributed by atoms with Crippen LogP contribution in [0.5, 0.6) is 0 Å². The summed E-state index contributed by atoms with van der Waals surface area (Å²) in [5, 5.41) is 0. The van der Waals surface area contributed by atoms with E-state index in [0.717, 1.165) is 17.8 Å². The molecule has 0 aromatic rings. The van der Waals surface area contributed by atoms with Gasteiger partial charge in [-0.25, -0.2) is 0 Å². The van der Waals surface area contributed by atoms with E-state index in [4.69, 9.17) is 0 Å². The average Bonchev–Trinajstić information content (AvgIpc) is 2.31. The van der Waals surface area contributed by atoms with Crippen LogP contribution in [0.3, 0.4) is 0 Å². The maximum Gasteiger partial charge on any atom is 0.0445 e. The van der Waals surface area contributed by atoms with Gasteiger partial charge in [-0.05, 0) is 24.2 Å². The summed E-state index contributed by atoms with van der Waals surface area (Å²) in [6, 6.07) is 1.57. The predicted octanol–water partition coefficient (Wildman–Crippen LogP) is 4.40. The maximum atomic E-state index is 2.52. The highest BCUT2D eigenvalue weighted by molar-refractivity contribution is 6.76. The third-order valence-corrected chi connectivity index (χ3v) is 5.20. The first-order valence-electron chi connectivity index (χ1n) is 5.90. The third kappa shape index (κ3) is 3.45. The Bertz CT molecular complexity index is 155. The van der Waals surface area contributed by atoms with Gasteiger partial charge in [-0.2, -0.15) is 0 Å². The Kier molecular flexibility index (Phi) is 3.62. The minimum Gasteiger partial charge on any atom is -0.0695 e. The van der Waals surface area contributed by atoms with Crippen molar-refractivity contribution in [3.05, 3.63) is 0 Å². The zero-order valence-corrected chi connectivity index (χ0v) is 11.1. The second-order valence-corrected chi connectivity index (χ2v) is 11.9. The van der Waals surface area contributed by atoms with E-state index in [1.807, 2.05) is 0 Å². The van der Waals surface area contributed by atoms with Crippen LogP contribution >= 0.6 is 0 Å². The SMILES string of the molecule is CC(C)[C@H]1CCC[C@@H]1C[Si](C)(C)C. The molecule has 1 saturated carbocycles. The first-order valence-corrected chi connectivity index (χ1v) is 9.61. The maximum absolute atomic E-state index is 2.52. The summed E-state index contributed by atoms with van der Waals surface area (Å²) in [7, 11) is -0.810. The van der Waals surface area contributed by atoms with Gasteiger partial charge in [-0.15, -0.1) is 0 Å². The van der Waals surface area contributed by atoms with Gasteiger partial charge in [0.25, 0.3) is 0 Å². The van der Waals surface area contributed by atoms with Gasteiger partial charge in [0.05, 0.1) is 0 Å². The van der Waals surface area contributed by atoms with Gasteiger partial charge in [0.15, 0.2) is 0 Å². The second-order valence-electron chi connectivity index (χ2n) is 6.36. The highest BCUT2D eigenvalue weighted by Gasteiger charge is 2.32. The van der Waals surface area contributed by atoms with Crippen molar-refractivity contribution in [3.8, 4) is 0 Å². The zero-order chi connectivity index (χ0) is 10.1. The van der Waals surface area contributed by atoms with Crippen molar-refractivity contribution in [1.82, 2.24) is 0 Å². The molecule has 0 aromatic carbocycles. The molecule has 13 heavy (non-hydrogen) atoms. The van der Waals surface area contributed by atoms with Crippen molar-refractivity contribution in [3.63, 3.8) is 0 Å². The Morgan fingerprint density at radius 1 is 1.15 bits per heavy atom. The van der Waals surface area contributed by atoms with Crippen LogP contribution in [-0.2, 0) is 0 Å². The van der Waals surface area contributed by atoms with E-state index < -0.39 is 8.07 Å². The summed E-state index contributed by atoms with van der Waals surface area (Å²) in [4.78, 5) is 0. The molecule has 1 fully saturated rings. The third-order valence-electron chi connectivity index (χ3n) is 3.45. The van der Waals surface area contributed by atoms with Crippen LogP contribution in [0.2, 0.25) is 25.7 Å². The van der Waals surface area contributed by atoms with Crippen LogP contribution in [0.4, 0.5) is 0 Å². The van der Waals surface area contributed by atoms with Gasteiger partial charge >= 0.3 is 0 Å². The monoisotopic (exact) mass is 198 g/mol. The fraction of sp³-hybridized carbons (Fsp3) is 1.00. The van der Waals surface area contributed by atoms with Crippen LogP contribution in [0.15, 0.2) is 0 Å². The molecule has 0 spiro atoms. The van der Waals surface area contributed by atoms with E-state index in [9.17, 15) is 0 Å². The summed E-state index contributed by atoms with van der Waals surface area (Å²) in [6.45, 7) is 12.4. The predicted molar refractivity (Wildman–Crippen MR) is 63.8 cm³/mol. The lowest BCUT2D eigenvalue weighted by Gasteiger charge is -2.28. The fourth-order valence-corrected chi connectivity index (χ4v) is 5.06. The molecule has 0 radical (unpaired) electrons. The van der Waals surface area contributed by atoms with Crippen molar-refractivity contribution < 1.29 is 0 Å². The number of hydrogen-bond acceptors (Lipinski definition) is 0. The summed E-state index contributed by atoms with van der Waals surface area (Å²) in [6.07, 6.45) is 4.53. The number of rotatable bonds is 3. The van der Waals surface area contributed by atoms with Crippen LogP contribution in [0.25, 0.3) is 0 Å². The van der Waals surface area contributed by atoms with E-state index in [1.54, 1.807) is 6.04 Å². The Labute approximate surface area is 85.1 Å². The fourth-order valence-electron chi connectivity index (χ4n) is 2.98. The Hall–Kier alpha value is 0.217. The van der Waals surface area contributed by atoms with E-state index in [0.29, 0.717) is 0 Å². The first-order chi connectivity index (χ1) is 5.90. The Morgan fingerprint density at radius 3 is 2.23 bits per heavy atom. The van der Waals surface area contributed by atoms with Gasteiger partial charge in [0, 0.05) is 8.07 Å². The molecule has 0 N–H and O–H groups in total. The molecule has 1 heteroatoms. The summed E-state index contributed by atoms with van der Waals surface area (Å²) >= 11 is 0. The first kappa shape index (κ1) is 11.3. The van der Waals surface area contributed by atoms with Crippen LogP contribution in [-0.4, -0.2) is 8.07 Å². The molecular formula is C12H26Si. The van der Waals surface area contributed by atoms with Crippen LogP contribution in [0, 0.1) is 17.8 Å². The van der Waals surface area contributed by atoms with E-state index in [1.165, 1.54) is 19.3 Å². The lowest BCUT2D eigenvalue weighted by atomic mass is 9.87. The topological polar surface area (TPSA) is 0 Å². The van der Waals surface area contributed by atoms with Gasteiger partial charge in [0.1, 0.15) is 0 Å². The summed E-state index contributed by atoms with van der Waals surface area (Å²) in [5.41, 5.74) is 0. The second kappa shape index (κ2) is 4.16. The lowest BCUT2D eigenvalue weighted by molar-refractivity contribution is 0.312. The smallest absolute Gasteiger partial charge is 0.0445 e. The molecular weight excluding hydrogens is 172 g/mol. The molecule has 0 aliphatic heterocycles. The minimum atomic E-state index is -0.810. The molecule has 2 atom stereocenters. The van der Waals surface area contributed by atoms with E-state index >= 15 is 0 Å². The van der Waals surface area contributed by atoms with Crippen molar-refractivity contribution >= 4 is 8.07 Å². The standard InChI is InChI=1S/C12H26Si/c1-10(2)12-8-6-7-11(12)9-13(3,4)5/h10-12H,6-9H2,1-5H3/t11-,12-/m1/s1. The van der Waals surface area contributed by atoms with Crippen LogP contribution < -0.4 is 0 Å². The van der Waals surface area contributed by atoms with Crippen LogP contribution in [0.1, 0.15) is 33.1 Å². The summed E-state index contributed by atoms with van der Waals surface area (Å²) in [5.74, 6) is 3.04. The molecule has 78 valence electrons. The molecule has 0 aromatic heterocycles. The normalized spacial score (nSPS) is 30.0. The lowest BCUT2D eigenvalue weighted by Crippen LogP contribution is -2.27. The molecule has 1 aliphatic carbocycles. The molecule has 0 unspecified atom stereocenters. The Morgan fingerprint density at radius 2 is 1.77 bits per heavy atom. The average molecular weight is 198 g/mol. The van der Waals surface area contributed by atoms with Crippen molar-refractivity contribution in [2.24, 2.45) is 17.8 Å². The van der Waals surface area contributed by atoms with Crippen molar-refractivity contribution in [1.29, 1.82) is 0 Å². The highest BCUT2D eigenvalue weighted by Crippen LogP contribution is 2.41.